The Morgan fingerprint density at radius 2 is 2.19 bits per heavy atom. The van der Waals surface area contributed by atoms with Crippen molar-refractivity contribution in [3.63, 3.8) is 0 Å². The van der Waals surface area contributed by atoms with Crippen LogP contribution in [0.15, 0.2) is 21.7 Å². The van der Waals surface area contributed by atoms with Gasteiger partial charge in [0, 0.05) is 34.6 Å². The summed E-state index contributed by atoms with van der Waals surface area (Å²) in [4.78, 5) is 5.01. The van der Waals surface area contributed by atoms with Crippen LogP contribution in [-0.2, 0) is 46.0 Å². The van der Waals surface area contributed by atoms with Gasteiger partial charge in [0.2, 0.25) is 6.35 Å². The molecule has 1 unspecified atom stereocenters. The second-order valence-electron chi connectivity index (χ2n) is 7.76. The third-order valence-corrected chi connectivity index (χ3v) is 7.09. The molecular formula is C19H24N5O2S-. The minimum atomic E-state index is -1.70. The fraction of sp³-hybridized carbons (Fsp3) is 0.579. The molecule has 3 aliphatic rings. The minimum absolute atomic E-state index is 0.293. The summed E-state index contributed by atoms with van der Waals surface area (Å²) in [5.74, 6) is 0. The Balaban J connectivity index is 1.45. The van der Waals surface area contributed by atoms with Crippen LogP contribution in [0.5, 0.6) is 0 Å². The van der Waals surface area contributed by atoms with Gasteiger partial charge in [-0.05, 0) is 69.1 Å². The Hall–Kier alpha value is -1.93. The minimum Gasteiger partial charge on any atom is -0.438 e. The van der Waals surface area contributed by atoms with E-state index < -0.39 is 16.9 Å². The molecule has 2 aromatic rings. The van der Waals surface area contributed by atoms with Crippen molar-refractivity contribution in [2.24, 2.45) is 4.36 Å². The van der Waals surface area contributed by atoms with Gasteiger partial charge in [0.05, 0.1) is 5.69 Å². The highest BCUT2D eigenvalue weighted by Gasteiger charge is 2.51. The maximum Gasteiger partial charge on any atom is 0.201 e. The number of aromatic nitrogens is 3. The van der Waals surface area contributed by atoms with E-state index in [0.29, 0.717) is 17.0 Å². The number of hydrogen-bond acceptors (Lipinski definition) is 7. The Morgan fingerprint density at radius 3 is 2.93 bits per heavy atom. The van der Waals surface area contributed by atoms with Gasteiger partial charge in [0.15, 0.2) is 0 Å². The van der Waals surface area contributed by atoms with Gasteiger partial charge in [-0.2, -0.15) is 5.10 Å². The Labute approximate surface area is 160 Å². The summed E-state index contributed by atoms with van der Waals surface area (Å²) in [6.07, 6.45) is 8.20. The summed E-state index contributed by atoms with van der Waals surface area (Å²) in [5, 5.41) is 18.2. The number of rotatable bonds is 5. The molecule has 2 aromatic heterocycles. The SMILES string of the molecule is CCn1ccc([S-](=O)=NC(O)Nc2c3c(nc4c2CCC42CC2)CCC3)n1. The zero-order chi connectivity index (χ0) is 18.6. The third-order valence-electron chi connectivity index (χ3n) is 6.12. The molecule has 1 atom stereocenters. The van der Waals surface area contributed by atoms with Crippen LogP contribution in [0.2, 0.25) is 0 Å². The molecule has 7 nitrogen and oxygen atoms in total. The second kappa shape index (κ2) is 6.31. The molecule has 144 valence electrons. The Kier molecular flexibility index (Phi) is 4.01. The van der Waals surface area contributed by atoms with E-state index in [1.54, 1.807) is 16.9 Å². The van der Waals surface area contributed by atoms with E-state index in [1.807, 2.05) is 6.92 Å². The molecular weight excluding hydrogens is 362 g/mol. The first-order chi connectivity index (χ1) is 13.1. The molecule has 1 spiro atoms. The van der Waals surface area contributed by atoms with Crippen LogP contribution < -0.4 is 5.32 Å². The number of nitrogens with one attached hydrogen (secondary N) is 1. The molecule has 0 radical (unpaired) electrons. The lowest BCUT2D eigenvalue weighted by molar-refractivity contribution is 0.216. The zero-order valence-electron chi connectivity index (χ0n) is 15.4. The van der Waals surface area contributed by atoms with Gasteiger partial charge in [-0.25, -0.2) is 0 Å². The standard InChI is InChI=1S/C19H24N5O2S/c1-2-24-11-7-15(22-24)27(26)23-18(25)21-16-12-4-3-5-14(12)20-17-13(16)6-8-19(17)9-10-19/h7,11,18,25H,2-6,8-10H2,1H3,(H,20,21)/q-1. The average Bonchev–Trinajstić information content (AvgIpc) is 3.04. The van der Waals surface area contributed by atoms with Gasteiger partial charge in [0.1, 0.15) is 0 Å². The summed E-state index contributed by atoms with van der Waals surface area (Å²) in [6, 6.07) is 1.68. The lowest BCUT2D eigenvalue weighted by atomic mass is 10.0. The van der Waals surface area contributed by atoms with Gasteiger partial charge in [0.25, 0.3) is 0 Å². The molecule has 1 fully saturated rings. The van der Waals surface area contributed by atoms with Crippen LogP contribution in [0.1, 0.15) is 55.1 Å². The van der Waals surface area contributed by atoms with Crippen LogP contribution in [0.3, 0.4) is 0 Å². The molecule has 3 aliphatic carbocycles. The molecule has 2 N–H and O–H groups in total. The number of aryl methyl sites for hydroxylation is 2. The van der Waals surface area contributed by atoms with E-state index in [2.05, 4.69) is 14.8 Å². The number of aliphatic hydroxyl groups excluding tert-OH is 1. The Morgan fingerprint density at radius 1 is 1.33 bits per heavy atom. The van der Waals surface area contributed by atoms with Crippen LogP contribution in [0, 0.1) is 0 Å². The van der Waals surface area contributed by atoms with E-state index in [4.69, 9.17) is 4.98 Å². The lowest BCUT2D eigenvalue weighted by Crippen LogP contribution is -2.19. The number of anilines is 1. The molecule has 1 saturated carbocycles. The molecule has 0 saturated heterocycles. The van der Waals surface area contributed by atoms with Crippen LogP contribution in [-0.4, -0.2) is 26.2 Å². The van der Waals surface area contributed by atoms with Gasteiger partial charge < -0.3 is 19.0 Å². The van der Waals surface area contributed by atoms with Crippen molar-refractivity contribution in [2.75, 3.05) is 5.32 Å². The van der Waals surface area contributed by atoms with E-state index in [0.717, 1.165) is 37.8 Å². The highest BCUT2D eigenvalue weighted by molar-refractivity contribution is 7.74. The van der Waals surface area contributed by atoms with Gasteiger partial charge >= 0.3 is 0 Å². The van der Waals surface area contributed by atoms with Gasteiger partial charge in [-0.3, -0.25) is 9.67 Å². The topological polar surface area (TPSA) is 92.4 Å². The predicted octanol–water partition coefficient (Wildman–Crippen LogP) is 2.66. The van der Waals surface area contributed by atoms with Crippen molar-refractivity contribution in [1.82, 2.24) is 14.8 Å². The summed E-state index contributed by atoms with van der Waals surface area (Å²) >= 11 is 0. The normalized spacial score (nSPS) is 21.3. The summed E-state index contributed by atoms with van der Waals surface area (Å²) in [6.45, 7) is 2.67. The van der Waals surface area contributed by atoms with Crippen molar-refractivity contribution in [1.29, 1.82) is 0 Å². The summed E-state index contributed by atoms with van der Waals surface area (Å²) in [5.41, 5.74) is 6.13. The van der Waals surface area contributed by atoms with Crippen molar-refractivity contribution in [2.45, 2.75) is 75.2 Å². The first-order valence-corrected chi connectivity index (χ1v) is 10.9. The third kappa shape index (κ3) is 2.86. The van der Waals surface area contributed by atoms with Crippen LogP contribution >= 0.6 is 0 Å². The zero-order valence-corrected chi connectivity index (χ0v) is 16.3. The maximum atomic E-state index is 12.4. The summed E-state index contributed by atoms with van der Waals surface area (Å²) in [7, 11) is -1.70. The molecule has 27 heavy (non-hydrogen) atoms. The van der Waals surface area contributed by atoms with E-state index in [9.17, 15) is 9.32 Å². The largest absolute Gasteiger partial charge is 0.438 e. The second-order valence-corrected chi connectivity index (χ2v) is 8.88. The summed E-state index contributed by atoms with van der Waals surface area (Å²) < 4.78 is 18.1. The fourth-order valence-corrected chi connectivity index (χ4v) is 5.21. The highest BCUT2D eigenvalue weighted by Crippen LogP contribution is 2.58. The van der Waals surface area contributed by atoms with Crippen LogP contribution in [0.25, 0.3) is 0 Å². The molecule has 2 heterocycles. The first kappa shape index (κ1) is 17.2. The number of hydrogen-bond donors (Lipinski definition) is 2. The quantitative estimate of drug-likeness (QED) is 0.609. The molecule has 5 rings (SSSR count). The fourth-order valence-electron chi connectivity index (χ4n) is 4.51. The molecule has 0 amide bonds. The van der Waals surface area contributed by atoms with Crippen LogP contribution in [0.4, 0.5) is 5.69 Å². The molecule has 0 aromatic carbocycles. The van der Waals surface area contributed by atoms with Gasteiger partial charge in [-0.1, -0.05) is 0 Å². The predicted molar refractivity (Wildman–Crippen MR) is 102 cm³/mol. The van der Waals surface area contributed by atoms with E-state index >= 15 is 0 Å². The maximum absolute atomic E-state index is 12.4. The lowest BCUT2D eigenvalue weighted by Gasteiger charge is -2.20. The molecule has 0 aliphatic heterocycles. The van der Waals surface area contributed by atoms with Crippen molar-refractivity contribution >= 4 is 16.3 Å². The molecule has 0 bridgehead atoms. The van der Waals surface area contributed by atoms with Crippen molar-refractivity contribution in [3.05, 3.63) is 34.8 Å². The number of fused-ring (bicyclic) bond motifs is 3. The first-order valence-electron chi connectivity index (χ1n) is 9.75. The number of nitrogens with zero attached hydrogens (tertiary/aromatic N) is 4. The Bertz CT molecular complexity index is 988. The van der Waals surface area contributed by atoms with Crippen molar-refractivity contribution in [3.8, 4) is 0 Å². The average molecular weight is 387 g/mol. The van der Waals surface area contributed by atoms with Gasteiger partial charge in [-0.15, -0.1) is 10.6 Å². The smallest absolute Gasteiger partial charge is 0.201 e. The molecule has 8 heteroatoms. The van der Waals surface area contributed by atoms with E-state index in [-0.39, 0.29) is 0 Å². The van der Waals surface area contributed by atoms with E-state index in [1.165, 1.54) is 35.4 Å². The number of pyridine rings is 1. The monoisotopic (exact) mass is 386 g/mol. The van der Waals surface area contributed by atoms with Crippen molar-refractivity contribution < 1.29 is 9.32 Å². The highest BCUT2D eigenvalue weighted by atomic mass is 32.2. The number of aliphatic hydroxyl groups is 1.